The van der Waals surface area contributed by atoms with Crippen LogP contribution in [0.5, 0.6) is 0 Å². The second-order valence-electron chi connectivity index (χ2n) is 7.02. The van der Waals surface area contributed by atoms with Crippen LogP contribution in [0.25, 0.3) is 0 Å². The Balaban J connectivity index is 1.93. The molecule has 0 bridgehead atoms. The van der Waals surface area contributed by atoms with Crippen LogP contribution in [0.3, 0.4) is 0 Å². The van der Waals surface area contributed by atoms with Crippen molar-refractivity contribution < 1.29 is 17.6 Å². The molecule has 0 saturated heterocycles. The van der Waals surface area contributed by atoms with Gasteiger partial charge in [0.05, 0.1) is 10.5 Å². The molecule has 156 valence electrons. The first-order chi connectivity index (χ1) is 13.8. The molecule has 0 aromatic heterocycles. The lowest BCUT2D eigenvalue weighted by Gasteiger charge is -2.24. The molecule has 2 aromatic carbocycles. The molecule has 3 rings (SSSR count). The normalized spacial score (nSPS) is 14.2. The minimum Gasteiger partial charge on any atom is -0.331 e. The average molecular weight is 483 g/mol. The van der Waals surface area contributed by atoms with E-state index in [9.17, 15) is 17.6 Å². The molecule has 2 aromatic rings. The van der Waals surface area contributed by atoms with Gasteiger partial charge in [0.15, 0.2) is 0 Å². The highest BCUT2D eigenvalue weighted by molar-refractivity contribution is 9.10. The molecule has 0 atom stereocenters. The highest BCUT2D eigenvalue weighted by Crippen LogP contribution is 2.32. The lowest BCUT2D eigenvalue weighted by Crippen LogP contribution is -2.33. The minimum atomic E-state index is -3.67. The zero-order chi connectivity index (χ0) is 21.2. The van der Waals surface area contributed by atoms with E-state index in [1.165, 1.54) is 28.6 Å². The van der Waals surface area contributed by atoms with Crippen LogP contribution in [0.15, 0.2) is 51.8 Å². The van der Waals surface area contributed by atoms with Crippen molar-refractivity contribution in [2.75, 3.05) is 13.1 Å². The van der Waals surface area contributed by atoms with E-state index in [-0.39, 0.29) is 22.7 Å². The van der Waals surface area contributed by atoms with Gasteiger partial charge in [0.1, 0.15) is 5.82 Å². The lowest BCUT2D eigenvalue weighted by atomic mass is 10.1. The van der Waals surface area contributed by atoms with Gasteiger partial charge < -0.3 is 4.90 Å². The summed E-state index contributed by atoms with van der Waals surface area (Å²) in [6, 6.07) is 10.7. The third kappa shape index (κ3) is 4.87. The van der Waals surface area contributed by atoms with E-state index in [2.05, 4.69) is 15.9 Å². The van der Waals surface area contributed by atoms with Gasteiger partial charge >= 0.3 is 0 Å². The molecule has 0 heterocycles. The summed E-state index contributed by atoms with van der Waals surface area (Å²) in [5.74, 6) is -0.560. The van der Waals surface area contributed by atoms with E-state index in [1.54, 1.807) is 36.9 Å². The van der Waals surface area contributed by atoms with Crippen LogP contribution >= 0.6 is 15.9 Å². The fourth-order valence-electron chi connectivity index (χ4n) is 3.24. The van der Waals surface area contributed by atoms with Gasteiger partial charge in [-0.3, -0.25) is 4.79 Å². The van der Waals surface area contributed by atoms with Gasteiger partial charge in [-0.25, -0.2) is 12.8 Å². The summed E-state index contributed by atoms with van der Waals surface area (Å²) in [5, 5.41) is 0. The highest BCUT2D eigenvalue weighted by Gasteiger charge is 2.34. The largest absolute Gasteiger partial charge is 0.331 e. The van der Waals surface area contributed by atoms with E-state index >= 15 is 0 Å². The minimum absolute atomic E-state index is 0.102. The van der Waals surface area contributed by atoms with Gasteiger partial charge in [-0.05, 0) is 64.7 Å². The number of carbonyl (C=O) groups is 1. The Kier molecular flexibility index (Phi) is 6.76. The molecule has 0 spiro atoms. The van der Waals surface area contributed by atoms with Crippen LogP contribution in [-0.2, 0) is 16.6 Å². The van der Waals surface area contributed by atoms with E-state index < -0.39 is 10.0 Å². The van der Waals surface area contributed by atoms with Crippen molar-refractivity contribution in [1.82, 2.24) is 9.21 Å². The molecule has 1 saturated carbocycles. The number of hydrogen-bond donors (Lipinski definition) is 0. The van der Waals surface area contributed by atoms with Gasteiger partial charge in [-0.1, -0.05) is 26.0 Å². The molecule has 0 radical (unpaired) electrons. The summed E-state index contributed by atoms with van der Waals surface area (Å²) in [4.78, 5) is 15.2. The second kappa shape index (κ2) is 8.93. The number of sulfonamides is 1. The molecule has 0 unspecified atom stereocenters. The van der Waals surface area contributed by atoms with Crippen molar-refractivity contribution in [3.05, 3.63) is 63.9 Å². The first-order valence-electron chi connectivity index (χ1n) is 9.63. The lowest BCUT2D eigenvalue weighted by molar-refractivity contribution is 0.0728. The zero-order valence-corrected chi connectivity index (χ0v) is 18.8. The molecule has 1 amide bonds. The van der Waals surface area contributed by atoms with Gasteiger partial charge in [0, 0.05) is 30.1 Å². The fraction of sp³-hybridized carbons (Fsp3) is 0.381. The van der Waals surface area contributed by atoms with Crippen molar-refractivity contribution in [3.8, 4) is 0 Å². The van der Waals surface area contributed by atoms with Gasteiger partial charge in [0.2, 0.25) is 10.0 Å². The predicted octanol–water partition coefficient (Wildman–Crippen LogP) is 4.42. The van der Waals surface area contributed by atoms with Crippen LogP contribution in [0.2, 0.25) is 0 Å². The Labute approximate surface area is 179 Å². The Bertz CT molecular complexity index is 987. The van der Waals surface area contributed by atoms with E-state index in [0.29, 0.717) is 29.7 Å². The first kappa shape index (κ1) is 21.9. The van der Waals surface area contributed by atoms with Crippen LogP contribution < -0.4 is 0 Å². The zero-order valence-electron chi connectivity index (χ0n) is 16.4. The fourth-order valence-corrected chi connectivity index (χ4v) is 5.14. The van der Waals surface area contributed by atoms with E-state index in [1.807, 2.05) is 0 Å². The van der Waals surface area contributed by atoms with Crippen LogP contribution in [0.4, 0.5) is 4.39 Å². The average Bonchev–Trinajstić information content (AvgIpc) is 3.53. The Hall–Kier alpha value is -1.77. The maximum Gasteiger partial charge on any atom is 0.255 e. The third-order valence-corrected chi connectivity index (χ3v) is 7.76. The molecule has 1 fully saturated rings. The summed E-state index contributed by atoms with van der Waals surface area (Å²) in [6.07, 6.45) is 1.81. The number of halogens is 2. The standard InChI is InChI=1S/C21H24BrFN2O3S/c1-3-24(4-2)29(27,28)18-11-12-20(22)19(13-18)21(26)25(17-9-10-17)14-15-5-7-16(23)8-6-15/h5-8,11-13,17H,3-4,9-10,14H2,1-2H3. The summed E-state index contributed by atoms with van der Waals surface area (Å²) in [6.45, 7) is 4.63. The number of nitrogens with zero attached hydrogens (tertiary/aromatic N) is 2. The Morgan fingerprint density at radius 2 is 1.72 bits per heavy atom. The van der Waals surface area contributed by atoms with Crippen molar-refractivity contribution in [2.24, 2.45) is 0 Å². The quantitative estimate of drug-likeness (QED) is 0.559. The molecule has 29 heavy (non-hydrogen) atoms. The van der Waals surface area contributed by atoms with E-state index in [4.69, 9.17) is 0 Å². The summed E-state index contributed by atoms with van der Waals surface area (Å²) in [7, 11) is -3.67. The predicted molar refractivity (Wildman–Crippen MR) is 114 cm³/mol. The maximum absolute atomic E-state index is 13.3. The van der Waals surface area contributed by atoms with Crippen molar-refractivity contribution in [2.45, 2.75) is 44.2 Å². The topological polar surface area (TPSA) is 57.7 Å². The van der Waals surface area contributed by atoms with Crippen LogP contribution in [0, 0.1) is 5.82 Å². The number of benzene rings is 2. The molecule has 5 nitrogen and oxygen atoms in total. The van der Waals surface area contributed by atoms with Crippen molar-refractivity contribution in [1.29, 1.82) is 0 Å². The molecule has 8 heteroatoms. The summed E-state index contributed by atoms with van der Waals surface area (Å²) in [5.41, 5.74) is 1.14. The van der Waals surface area contributed by atoms with Crippen LogP contribution in [-0.4, -0.2) is 42.7 Å². The summed E-state index contributed by atoms with van der Waals surface area (Å²) >= 11 is 3.40. The summed E-state index contributed by atoms with van der Waals surface area (Å²) < 4.78 is 40.9. The van der Waals surface area contributed by atoms with Crippen molar-refractivity contribution >= 4 is 31.9 Å². The molecule has 0 N–H and O–H groups in total. The Morgan fingerprint density at radius 3 is 2.28 bits per heavy atom. The van der Waals surface area contributed by atoms with E-state index in [0.717, 1.165) is 18.4 Å². The van der Waals surface area contributed by atoms with Gasteiger partial charge in [-0.2, -0.15) is 4.31 Å². The monoisotopic (exact) mass is 482 g/mol. The first-order valence-corrected chi connectivity index (χ1v) is 11.9. The van der Waals surface area contributed by atoms with Crippen molar-refractivity contribution in [3.63, 3.8) is 0 Å². The Morgan fingerprint density at radius 1 is 1.10 bits per heavy atom. The molecule has 1 aliphatic carbocycles. The molecular formula is C21H24BrFN2O3S. The molecule has 0 aliphatic heterocycles. The molecular weight excluding hydrogens is 459 g/mol. The highest BCUT2D eigenvalue weighted by atomic mass is 79.9. The van der Waals surface area contributed by atoms with Gasteiger partial charge in [0.25, 0.3) is 5.91 Å². The number of amides is 1. The maximum atomic E-state index is 13.3. The SMILES string of the molecule is CCN(CC)S(=O)(=O)c1ccc(Br)c(C(=O)N(Cc2ccc(F)cc2)C2CC2)c1. The number of carbonyl (C=O) groups excluding carboxylic acids is 1. The number of hydrogen-bond acceptors (Lipinski definition) is 3. The second-order valence-corrected chi connectivity index (χ2v) is 9.81. The van der Waals surface area contributed by atoms with Gasteiger partial charge in [-0.15, -0.1) is 0 Å². The smallest absolute Gasteiger partial charge is 0.255 e. The number of rotatable bonds is 8. The van der Waals surface area contributed by atoms with Crippen LogP contribution in [0.1, 0.15) is 42.6 Å². The molecule has 1 aliphatic rings. The third-order valence-electron chi connectivity index (χ3n) is 5.03.